The van der Waals surface area contributed by atoms with Crippen LogP contribution in [-0.4, -0.2) is 26.2 Å². The molecular formula is C11H6BrN3O3. The number of nitrogens with zero attached hydrogens (tertiary/aromatic N) is 2. The lowest BCUT2D eigenvalue weighted by Crippen LogP contribution is -1.96. The van der Waals surface area contributed by atoms with Crippen molar-refractivity contribution in [3.63, 3.8) is 0 Å². The van der Waals surface area contributed by atoms with Crippen LogP contribution in [0, 0.1) is 0 Å². The van der Waals surface area contributed by atoms with E-state index in [4.69, 9.17) is 9.63 Å². The average molecular weight is 308 g/mol. The second-order valence-corrected chi connectivity index (χ2v) is 4.41. The number of H-pyrrole nitrogens is 1. The number of fused-ring (bicyclic) bond motifs is 1. The summed E-state index contributed by atoms with van der Waals surface area (Å²) in [5.74, 6) is -0.761. The SMILES string of the molecule is O=C(O)c1noc(-c2ccc3nc[nH]c3c2)c1Br. The Morgan fingerprint density at radius 2 is 2.28 bits per heavy atom. The smallest absolute Gasteiger partial charge is 0.359 e. The Kier molecular flexibility index (Phi) is 2.41. The first-order valence-electron chi connectivity index (χ1n) is 4.99. The number of aromatic nitrogens is 3. The van der Waals surface area contributed by atoms with E-state index < -0.39 is 5.97 Å². The van der Waals surface area contributed by atoms with Gasteiger partial charge in [0.15, 0.2) is 5.76 Å². The quantitative estimate of drug-likeness (QED) is 0.759. The number of carboxylic acid groups (broad SMARTS) is 1. The van der Waals surface area contributed by atoms with Gasteiger partial charge in [0.1, 0.15) is 4.47 Å². The topological polar surface area (TPSA) is 92.0 Å². The fourth-order valence-corrected chi connectivity index (χ4v) is 2.21. The summed E-state index contributed by atoms with van der Waals surface area (Å²) >= 11 is 3.18. The molecule has 18 heavy (non-hydrogen) atoms. The van der Waals surface area contributed by atoms with E-state index in [0.717, 1.165) is 16.6 Å². The molecule has 0 aliphatic rings. The van der Waals surface area contributed by atoms with E-state index in [1.807, 2.05) is 12.1 Å². The van der Waals surface area contributed by atoms with Gasteiger partial charge in [0.05, 0.1) is 17.4 Å². The highest BCUT2D eigenvalue weighted by Gasteiger charge is 2.20. The van der Waals surface area contributed by atoms with Gasteiger partial charge in [-0.3, -0.25) is 0 Å². The maximum atomic E-state index is 10.9. The highest BCUT2D eigenvalue weighted by atomic mass is 79.9. The Hall–Kier alpha value is -2.15. The highest BCUT2D eigenvalue weighted by Crippen LogP contribution is 2.32. The Bertz CT molecular complexity index is 747. The van der Waals surface area contributed by atoms with Crippen LogP contribution in [-0.2, 0) is 0 Å². The van der Waals surface area contributed by atoms with Gasteiger partial charge < -0.3 is 14.6 Å². The van der Waals surface area contributed by atoms with Crippen LogP contribution in [0.2, 0.25) is 0 Å². The van der Waals surface area contributed by atoms with Gasteiger partial charge in [-0.05, 0) is 34.1 Å². The Balaban J connectivity index is 2.16. The largest absolute Gasteiger partial charge is 0.476 e. The number of carboxylic acids is 1. The number of nitrogens with one attached hydrogen (secondary N) is 1. The average Bonchev–Trinajstić information content (AvgIpc) is 2.93. The van der Waals surface area contributed by atoms with Crippen LogP contribution >= 0.6 is 15.9 Å². The van der Waals surface area contributed by atoms with Crippen molar-refractivity contribution in [3.8, 4) is 11.3 Å². The van der Waals surface area contributed by atoms with Crippen LogP contribution in [0.1, 0.15) is 10.5 Å². The molecule has 0 bridgehead atoms. The third-order valence-electron chi connectivity index (χ3n) is 2.52. The van der Waals surface area contributed by atoms with Gasteiger partial charge in [-0.25, -0.2) is 9.78 Å². The molecule has 0 radical (unpaired) electrons. The minimum absolute atomic E-state index is 0.144. The van der Waals surface area contributed by atoms with E-state index in [1.54, 1.807) is 12.4 Å². The number of rotatable bonds is 2. The zero-order chi connectivity index (χ0) is 12.7. The fraction of sp³-hybridized carbons (Fsp3) is 0. The third-order valence-corrected chi connectivity index (χ3v) is 3.26. The van der Waals surface area contributed by atoms with Crippen molar-refractivity contribution in [1.82, 2.24) is 15.1 Å². The van der Waals surface area contributed by atoms with Gasteiger partial charge in [-0.15, -0.1) is 0 Å². The molecule has 3 rings (SSSR count). The standard InChI is InChI=1S/C11H6BrN3O3/c12-8-9(11(16)17)15-18-10(8)5-1-2-6-7(3-5)14-4-13-6/h1-4H,(H,13,14)(H,16,17). The summed E-state index contributed by atoms with van der Waals surface area (Å²) in [4.78, 5) is 17.9. The molecule has 1 aromatic carbocycles. The van der Waals surface area contributed by atoms with Crippen LogP contribution < -0.4 is 0 Å². The van der Waals surface area contributed by atoms with E-state index >= 15 is 0 Å². The van der Waals surface area contributed by atoms with Crippen molar-refractivity contribution in [3.05, 3.63) is 34.7 Å². The summed E-state index contributed by atoms with van der Waals surface area (Å²) in [6.07, 6.45) is 1.59. The summed E-state index contributed by atoms with van der Waals surface area (Å²) in [5.41, 5.74) is 2.24. The number of aromatic amines is 1. The second-order valence-electron chi connectivity index (χ2n) is 3.61. The van der Waals surface area contributed by atoms with Gasteiger partial charge in [0.25, 0.3) is 0 Å². The molecule has 0 amide bonds. The zero-order valence-electron chi connectivity index (χ0n) is 8.85. The van der Waals surface area contributed by atoms with Crippen molar-refractivity contribution >= 4 is 32.9 Å². The van der Waals surface area contributed by atoms with Crippen molar-refractivity contribution in [1.29, 1.82) is 0 Å². The molecule has 0 spiro atoms. The van der Waals surface area contributed by atoms with E-state index in [1.165, 1.54) is 0 Å². The number of aromatic carboxylic acids is 1. The van der Waals surface area contributed by atoms with E-state index in [-0.39, 0.29) is 5.69 Å². The minimum atomic E-state index is -1.14. The van der Waals surface area contributed by atoms with Crippen LogP contribution in [0.4, 0.5) is 0 Å². The summed E-state index contributed by atoms with van der Waals surface area (Å²) < 4.78 is 5.38. The summed E-state index contributed by atoms with van der Waals surface area (Å²) in [7, 11) is 0. The second kappa shape index (κ2) is 3.95. The predicted molar refractivity (Wildman–Crippen MR) is 66.3 cm³/mol. The Morgan fingerprint density at radius 3 is 3.00 bits per heavy atom. The maximum Gasteiger partial charge on any atom is 0.359 e. The van der Waals surface area contributed by atoms with Gasteiger partial charge in [0, 0.05) is 5.56 Å². The monoisotopic (exact) mass is 307 g/mol. The predicted octanol–water partition coefficient (Wildman–Crippen LogP) is 2.68. The minimum Gasteiger partial charge on any atom is -0.476 e. The van der Waals surface area contributed by atoms with Gasteiger partial charge >= 0.3 is 5.97 Å². The molecule has 0 aliphatic heterocycles. The number of carbonyl (C=O) groups is 1. The molecule has 6 nitrogen and oxygen atoms in total. The van der Waals surface area contributed by atoms with E-state index in [2.05, 4.69) is 31.1 Å². The number of hydrogen-bond donors (Lipinski definition) is 2. The van der Waals surface area contributed by atoms with Crippen LogP contribution in [0.5, 0.6) is 0 Å². The lowest BCUT2D eigenvalue weighted by atomic mass is 10.1. The zero-order valence-corrected chi connectivity index (χ0v) is 10.4. The molecule has 90 valence electrons. The van der Waals surface area contributed by atoms with E-state index in [9.17, 15) is 4.79 Å². The highest BCUT2D eigenvalue weighted by molar-refractivity contribution is 9.10. The summed E-state index contributed by atoms with van der Waals surface area (Å²) in [5, 5.41) is 12.4. The molecule has 0 atom stereocenters. The van der Waals surface area contributed by atoms with Gasteiger partial charge in [0.2, 0.25) is 5.69 Å². The Labute approximate surface area is 109 Å². The fourth-order valence-electron chi connectivity index (χ4n) is 1.67. The first kappa shape index (κ1) is 11.0. The van der Waals surface area contributed by atoms with Crippen LogP contribution in [0.25, 0.3) is 22.4 Å². The number of benzene rings is 1. The van der Waals surface area contributed by atoms with Crippen molar-refractivity contribution in [2.75, 3.05) is 0 Å². The first-order chi connectivity index (χ1) is 8.66. The molecule has 0 unspecified atom stereocenters. The molecule has 7 heteroatoms. The number of imidazole rings is 1. The molecule has 2 heterocycles. The van der Waals surface area contributed by atoms with Crippen molar-refractivity contribution < 1.29 is 14.4 Å². The molecule has 0 aliphatic carbocycles. The van der Waals surface area contributed by atoms with Gasteiger partial charge in [-0.1, -0.05) is 5.16 Å². The van der Waals surface area contributed by atoms with E-state index in [0.29, 0.717) is 10.2 Å². The van der Waals surface area contributed by atoms with Crippen molar-refractivity contribution in [2.45, 2.75) is 0 Å². The summed E-state index contributed by atoms with van der Waals surface area (Å²) in [6.45, 7) is 0. The number of hydrogen-bond acceptors (Lipinski definition) is 4. The molecule has 3 aromatic rings. The molecular weight excluding hydrogens is 302 g/mol. The molecule has 0 saturated heterocycles. The first-order valence-corrected chi connectivity index (χ1v) is 5.78. The van der Waals surface area contributed by atoms with Gasteiger partial charge in [-0.2, -0.15) is 0 Å². The normalized spacial score (nSPS) is 10.9. The molecule has 0 saturated carbocycles. The molecule has 2 aromatic heterocycles. The lowest BCUT2D eigenvalue weighted by molar-refractivity contribution is 0.0685. The lowest BCUT2D eigenvalue weighted by Gasteiger charge is -1.96. The number of halogens is 1. The van der Waals surface area contributed by atoms with Crippen LogP contribution in [0.15, 0.2) is 33.5 Å². The third kappa shape index (κ3) is 1.60. The molecule has 0 fully saturated rings. The van der Waals surface area contributed by atoms with Crippen molar-refractivity contribution in [2.24, 2.45) is 0 Å². The maximum absolute atomic E-state index is 10.9. The Morgan fingerprint density at radius 1 is 1.44 bits per heavy atom. The molecule has 2 N–H and O–H groups in total. The van der Waals surface area contributed by atoms with Crippen LogP contribution in [0.3, 0.4) is 0 Å². The summed E-state index contributed by atoms with van der Waals surface area (Å²) in [6, 6.07) is 5.43.